The lowest BCUT2D eigenvalue weighted by atomic mass is 10.1. The van der Waals surface area contributed by atoms with E-state index in [4.69, 9.17) is 0 Å². The molecule has 1 aliphatic heterocycles. The lowest BCUT2D eigenvalue weighted by molar-refractivity contribution is -0.131. The summed E-state index contributed by atoms with van der Waals surface area (Å²) in [5.41, 5.74) is 2.56. The monoisotopic (exact) mass is 473 g/mol. The standard InChI is InChI=1S/C24H29F2N5O3/c1-3-29-10-12-30(13-11-29)24(34)31(20-8-4-17(2)5-9-20)16-19-7-6-18(14-27-19)21(32)15-28-23(33)22(25)26/h4-9,14,22H,3,10-13,15-16H2,1-2H3,(H,28,33). The molecule has 1 saturated heterocycles. The normalized spacial score (nSPS) is 14.2. The first-order valence-corrected chi connectivity index (χ1v) is 11.2. The molecule has 3 rings (SSSR count). The molecule has 0 radical (unpaired) electrons. The van der Waals surface area contributed by atoms with Crippen LogP contribution in [0.15, 0.2) is 42.6 Å². The molecule has 1 aliphatic rings. The molecule has 2 heterocycles. The number of hydrogen-bond donors (Lipinski definition) is 1. The maximum Gasteiger partial charge on any atom is 0.324 e. The number of nitrogens with zero attached hydrogens (tertiary/aromatic N) is 4. The fraction of sp³-hybridized carbons (Fsp3) is 0.417. The quantitative estimate of drug-likeness (QED) is 0.596. The van der Waals surface area contributed by atoms with Crippen molar-refractivity contribution in [3.8, 4) is 0 Å². The molecular formula is C24H29F2N5O3. The third kappa shape index (κ3) is 6.57. The van der Waals surface area contributed by atoms with Gasteiger partial charge in [0.05, 0.1) is 18.8 Å². The Bertz CT molecular complexity index is 991. The molecule has 0 aliphatic carbocycles. The Hall–Kier alpha value is -3.40. The molecule has 34 heavy (non-hydrogen) atoms. The minimum absolute atomic E-state index is 0.115. The van der Waals surface area contributed by atoms with Gasteiger partial charge in [-0.1, -0.05) is 24.6 Å². The highest BCUT2D eigenvalue weighted by atomic mass is 19.3. The number of rotatable bonds is 8. The molecule has 0 bridgehead atoms. The lowest BCUT2D eigenvalue weighted by Gasteiger charge is -2.37. The van der Waals surface area contributed by atoms with Crippen LogP contribution < -0.4 is 10.2 Å². The number of hydrogen-bond acceptors (Lipinski definition) is 5. The molecule has 182 valence electrons. The van der Waals surface area contributed by atoms with Crippen molar-refractivity contribution in [2.45, 2.75) is 26.8 Å². The van der Waals surface area contributed by atoms with E-state index in [1.165, 1.54) is 12.3 Å². The van der Waals surface area contributed by atoms with Gasteiger partial charge in [-0.15, -0.1) is 0 Å². The second kappa shape index (κ2) is 11.6. The van der Waals surface area contributed by atoms with Crippen LogP contribution in [0.3, 0.4) is 0 Å². The molecule has 1 aromatic heterocycles. The van der Waals surface area contributed by atoms with Gasteiger partial charge in [0.1, 0.15) is 0 Å². The fourth-order valence-electron chi connectivity index (χ4n) is 3.61. The van der Waals surface area contributed by atoms with Crippen LogP contribution in [0.1, 0.15) is 28.5 Å². The zero-order chi connectivity index (χ0) is 24.7. The highest BCUT2D eigenvalue weighted by Crippen LogP contribution is 2.20. The van der Waals surface area contributed by atoms with Gasteiger partial charge in [0.2, 0.25) is 0 Å². The number of aromatic nitrogens is 1. The van der Waals surface area contributed by atoms with Crippen LogP contribution in [-0.2, 0) is 11.3 Å². The average Bonchev–Trinajstić information content (AvgIpc) is 2.86. The van der Waals surface area contributed by atoms with Crippen molar-refractivity contribution in [1.29, 1.82) is 0 Å². The lowest BCUT2D eigenvalue weighted by Crippen LogP contribution is -2.52. The van der Waals surface area contributed by atoms with E-state index < -0.39 is 24.7 Å². The van der Waals surface area contributed by atoms with Crippen molar-refractivity contribution in [2.24, 2.45) is 0 Å². The topological polar surface area (TPSA) is 85.9 Å². The van der Waals surface area contributed by atoms with E-state index in [1.54, 1.807) is 11.0 Å². The summed E-state index contributed by atoms with van der Waals surface area (Å²) in [5.74, 6) is -2.03. The Morgan fingerprint density at radius 1 is 1.06 bits per heavy atom. The van der Waals surface area contributed by atoms with Gasteiger partial charge in [0.15, 0.2) is 5.78 Å². The van der Waals surface area contributed by atoms with E-state index in [1.807, 2.05) is 41.4 Å². The highest BCUT2D eigenvalue weighted by Gasteiger charge is 2.26. The number of benzene rings is 1. The number of anilines is 1. The molecule has 10 heteroatoms. The van der Waals surface area contributed by atoms with E-state index in [2.05, 4.69) is 16.8 Å². The number of nitrogens with one attached hydrogen (secondary N) is 1. The van der Waals surface area contributed by atoms with Gasteiger partial charge >= 0.3 is 12.5 Å². The number of halogens is 2. The molecule has 1 fully saturated rings. The number of alkyl halides is 2. The number of piperazine rings is 1. The Balaban J connectivity index is 1.72. The minimum atomic E-state index is -3.18. The number of carbonyl (C=O) groups excluding carboxylic acids is 3. The van der Waals surface area contributed by atoms with Crippen LogP contribution in [0.25, 0.3) is 0 Å². The van der Waals surface area contributed by atoms with Crippen LogP contribution in [-0.4, -0.2) is 78.2 Å². The Morgan fingerprint density at radius 2 is 1.74 bits per heavy atom. The van der Waals surface area contributed by atoms with Crippen molar-refractivity contribution in [3.05, 3.63) is 59.4 Å². The number of aryl methyl sites for hydroxylation is 1. The van der Waals surface area contributed by atoms with Crippen LogP contribution in [0.2, 0.25) is 0 Å². The van der Waals surface area contributed by atoms with Gasteiger partial charge in [0, 0.05) is 43.6 Å². The van der Waals surface area contributed by atoms with Gasteiger partial charge in [0.25, 0.3) is 5.91 Å². The maximum absolute atomic E-state index is 13.4. The first kappa shape index (κ1) is 25.2. The summed E-state index contributed by atoms with van der Waals surface area (Å²) in [6, 6.07) is 10.7. The molecule has 0 atom stereocenters. The van der Waals surface area contributed by atoms with Crippen LogP contribution in [0, 0.1) is 6.92 Å². The predicted octanol–water partition coefficient (Wildman–Crippen LogP) is 2.72. The molecule has 3 amide bonds. The summed E-state index contributed by atoms with van der Waals surface area (Å²) in [5, 5.41) is 1.88. The third-order valence-corrected chi connectivity index (χ3v) is 5.75. The maximum atomic E-state index is 13.4. The fourth-order valence-corrected chi connectivity index (χ4v) is 3.61. The van der Waals surface area contributed by atoms with Gasteiger partial charge in [-0.25, -0.2) is 4.79 Å². The summed E-state index contributed by atoms with van der Waals surface area (Å²) >= 11 is 0. The molecule has 0 unspecified atom stereocenters. The van der Waals surface area contributed by atoms with E-state index in [9.17, 15) is 23.2 Å². The summed E-state index contributed by atoms with van der Waals surface area (Å²) in [7, 11) is 0. The van der Waals surface area contributed by atoms with Crippen molar-refractivity contribution in [1.82, 2.24) is 20.1 Å². The highest BCUT2D eigenvalue weighted by molar-refractivity contribution is 5.99. The van der Waals surface area contributed by atoms with Crippen molar-refractivity contribution < 1.29 is 23.2 Å². The number of likely N-dealkylation sites (N-methyl/N-ethyl adjacent to an activating group) is 1. The van der Waals surface area contributed by atoms with Gasteiger partial charge in [-0.3, -0.25) is 19.5 Å². The Morgan fingerprint density at radius 3 is 2.29 bits per heavy atom. The minimum Gasteiger partial charge on any atom is -0.344 e. The summed E-state index contributed by atoms with van der Waals surface area (Å²) in [4.78, 5) is 46.6. The van der Waals surface area contributed by atoms with E-state index in [-0.39, 0.29) is 18.1 Å². The van der Waals surface area contributed by atoms with E-state index >= 15 is 0 Å². The predicted molar refractivity (Wildman–Crippen MR) is 124 cm³/mol. The number of urea groups is 1. The van der Waals surface area contributed by atoms with Gasteiger partial charge in [-0.2, -0.15) is 8.78 Å². The second-order valence-corrected chi connectivity index (χ2v) is 8.11. The average molecular weight is 474 g/mol. The number of Topliss-reactive ketones (excluding diaryl/α,β-unsaturated/α-hetero) is 1. The number of carbonyl (C=O) groups is 3. The second-order valence-electron chi connectivity index (χ2n) is 8.11. The van der Waals surface area contributed by atoms with Crippen molar-refractivity contribution >= 4 is 23.4 Å². The first-order chi connectivity index (χ1) is 16.3. The zero-order valence-corrected chi connectivity index (χ0v) is 19.3. The Labute approximate surface area is 197 Å². The van der Waals surface area contributed by atoms with Crippen molar-refractivity contribution in [3.63, 3.8) is 0 Å². The van der Waals surface area contributed by atoms with E-state index in [0.717, 1.165) is 30.9 Å². The molecular weight excluding hydrogens is 444 g/mol. The van der Waals surface area contributed by atoms with Gasteiger partial charge in [-0.05, 0) is 37.7 Å². The van der Waals surface area contributed by atoms with Crippen LogP contribution in [0.5, 0.6) is 0 Å². The molecule has 0 spiro atoms. The first-order valence-electron chi connectivity index (χ1n) is 11.2. The number of ketones is 1. The van der Waals surface area contributed by atoms with Crippen LogP contribution >= 0.6 is 0 Å². The summed E-state index contributed by atoms with van der Waals surface area (Å²) in [6.07, 6.45) is -1.85. The molecule has 2 aromatic rings. The molecule has 8 nitrogen and oxygen atoms in total. The van der Waals surface area contributed by atoms with Crippen molar-refractivity contribution in [2.75, 3.05) is 44.2 Å². The van der Waals surface area contributed by atoms with Crippen LogP contribution in [0.4, 0.5) is 19.3 Å². The van der Waals surface area contributed by atoms with Gasteiger partial charge < -0.3 is 15.1 Å². The summed E-state index contributed by atoms with van der Waals surface area (Å²) in [6.45, 7) is 7.60. The SMILES string of the molecule is CCN1CCN(C(=O)N(Cc2ccc(C(=O)CNC(=O)C(F)F)cn2)c2ccc(C)cc2)CC1. The molecule has 1 aromatic carbocycles. The molecule has 0 saturated carbocycles. The zero-order valence-electron chi connectivity index (χ0n) is 19.3. The summed E-state index contributed by atoms with van der Waals surface area (Å²) < 4.78 is 24.6. The third-order valence-electron chi connectivity index (χ3n) is 5.75. The molecule has 1 N–H and O–H groups in total. The smallest absolute Gasteiger partial charge is 0.324 e. The van der Waals surface area contributed by atoms with E-state index in [0.29, 0.717) is 18.8 Å². The largest absolute Gasteiger partial charge is 0.344 e. The number of amides is 3. The number of pyridine rings is 1. The Kier molecular flexibility index (Phi) is 8.64.